The van der Waals surface area contributed by atoms with Crippen molar-refractivity contribution in [1.29, 1.82) is 0 Å². The second kappa shape index (κ2) is 10.3. The van der Waals surface area contributed by atoms with Crippen molar-refractivity contribution in [2.45, 2.75) is 32.9 Å². The van der Waals surface area contributed by atoms with E-state index in [-0.39, 0.29) is 24.5 Å². The van der Waals surface area contributed by atoms with Gasteiger partial charge in [-0.2, -0.15) is 0 Å². The van der Waals surface area contributed by atoms with Crippen LogP contribution in [0.4, 0.5) is 10.5 Å². The van der Waals surface area contributed by atoms with Crippen LogP contribution in [0, 0.1) is 5.92 Å². The molecule has 27 heavy (non-hydrogen) atoms. The van der Waals surface area contributed by atoms with Crippen LogP contribution in [0.25, 0.3) is 0 Å². The highest BCUT2D eigenvalue weighted by Gasteiger charge is 2.24. The molecule has 0 saturated heterocycles. The largest absolute Gasteiger partial charge is 0.396 e. The SMILES string of the molecule is CC(C)C(NC(=O)NCc1ccccc1)C(=O)Nc1ccc(CCO)cc1. The molecule has 4 N–H and O–H groups in total. The van der Waals surface area contributed by atoms with E-state index in [2.05, 4.69) is 16.0 Å². The maximum Gasteiger partial charge on any atom is 0.315 e. The number of anilines is 1. The fourth-order valence-corrected chi connectivity index (χ4v) is 2.61. The number of urea groups is 1. The van der Waals surface area contributed by atoms with Gasteiger partial charge in [-0.15, -0.1) is 0 Å². The Morgan fingerprint density at radius 2 is 1.63 bits per heavy atom. The Labute approximate surface area is 160 Å². The van der Waals surface area contributed by atoms with Crippen LogP contribution >= 0.6 is 0 Å². The van der Waals surface area contributed by atoms with Gasteiger partial charge in [-0.3, -0.25) is 4.79 Å². The van der Waals surface area contributed by atoms with E-state index < -0.39 is 6.04 Å². The first-order valence-corrected chi connectivity index (χ1v) is 9.08. The number of nitrogens with one attached hydrogen (secondary N) is 3. The zero-order chi connectivity index (χ0) is 19.6. The first kappa shape index (κ1) is 20.5. The molecule has 0 aliphatic heterocycles. The maximum absolute atomic E-state index is 12.6. The van der Waals surface area contributed by atoms with Gasteiger partial charge in [0.2, 0.25) is 5.91 Å². The van der Waals surface area contributed by atoms with Gasteiger partial charge in [-0.25, -0.2) is 4.79 Å². The number of amides is 3. The van der Waals surface area contributed by atoms with E-state index >= 15 is 0 Å². The van der Waals surface area contributed by atoms with Gasteiger partial charge in [0.15, 0.2) is 0 Å². The summed E-state index contributed by atoms with van der Waals surface area (Å²) < 4.78 is 0. The summed E-state index contributed by atoms with van der Waals surface area (Å²) in [5.41, 5.74) is 2.63. The number of aliphatic hydroxyl groups is 1. The lowest BCUT2D eigenvalue weighted by Gasteiger charge is -2.22. The van der Waals surface area contributed by atoms with Gasteiger partial charge in [0.1, 0.15) is 6.04 Å². The number of hydrogen-bond donors (Lipinski definition) is 4. The second-order valence-corrected chi connectivity index (χ2v) is 6.69. The summed E-state index contributed by atoms with van der Waals surface area (Å²) in [6.45, 7) is 4.24. The van der Waals surface area contributed by atoms with E-state index in [0.29, 0.717) is 18.7 Å². The molecule has 0 bridgehead atoms. The maximum atomic E-state index is 12.6. The van der Waals surface area contributed by atoms with E-state index in [1.54, 1.807) is 12.1 Å². The summed E-state index contributed by atoms with van der Waals surface area (Å²) in [5.74, 6) is -0.337. The van der Waals surface area contributed by atoms with Crippen molar-refractivity contribution < 1.29 is 14.7 Å². The summed E-state index contributed by atoms with van der Waals surface area (Å²) in [6, 6.07) is 15.8. The van der Waals surface area contributed by atoms with Gasteiger partial charge < -0.3 is 21.1 Å². The Hall–Kier alpha value is -2.86. The summed E-state index contributed by atoms with van der Waals surface area (Å²) >= 11 is 0. The van der Waals surface area contributed by atoms with Gasteiger partial charge in [0, 0.05) is 18.8 Å². The molecule has 0 aliphatic rings. The highest BCUT2D eigenvalue weighted by Crippen LogP contribution is 2.12. The van der Waals surface area contributed by atoms with E-state index in [1.807, 2.05) is 56.3 Å². The number of benzene rings is 2. The van der Waals surface area contributed by atoms with Gasteiger partial charge in [0.25, 0.3) is 0 Å². The fraction of sp³-hybridized carbons (Fsp3) is 0.333. The van der Waals surface area contributed by atoms with Crippen molar-refractivity contribution >= 4 is 17.6 Å². The molecule has 0 heterocycles. The second-order valence-electron chi connectivity index (χ2n) is 6.69. The van der Waals surface area contributed by atoms with E-state index in [1.165, 1.54) is 0 Å². The summed E-state index contributed by atoms with van der Waals surface area (Å²) in [6.07, 6.45) is 0.575. The third-order valence-corrected chi connectivity index (χ3v) is 4.15. The molecule has 2 rings (SSSR count). The molecule has 0 aromatic heterocycles. The predicted molar refractivity (Wildman–Crippen MR) is 106 cm³/mol. The van der Waals surface area contributed by atoms with Gasteiger partial charge in [-0.1, -0.05) is 56.3 Å². The lowest BCUT2D eigenvalue weighted by atomic mass is 10.0. The first-order valence-electron chi connectivity index (χ1n) is 9.08. The first-order chi connectivity index (χ1) is 13.0. The minimum atomic E-state index is -0.655. The van der Waals surface area contributed by atoms with Crippen molar-refractivity contribution in [3.8, 4) is 0 Å². The molecule has 0 saturated carbocycles. The monoisotopic (exact) mass is 369 g/mol. The summed E-state index contributed by atoms with van der Waals surface area (Å²) in [7, 11) is 0. The average molecular weight is 369 g/mol. The molecule has 2 aromatic carbocycles. The Morgan fingerprint density at radius 1 is 0.963 bits per heavy atom. The number of rotatable bonds is 8. The molecule has 144 valence electrons. The van der Waals surface area contributed by atoms with Crippen LogP contribution in [0.5, 0.6) is 0 Å². The molecule has 1 unspecified atom stereocenters. The van der Waals surface area contributed by atoms with Crippen molar-refractivity contribution in [2.75, 3.05) is 11.9 Å². The third-order valence-electron chi connectivity index (χ3n) is 4.15. The van der Waals surface area contributed by atoms with Crippen molar-refractivity contribution in [2.24, 2.45) is 5.92 Å². The van der Waals surface area contributed by atoms with Crippen LogP contribution in [0.1, 0.15) is 25.0 Å². The van der Waals surface area contributed by atoms with E-state index in [4.69, 9.17) is 5.11 Å². The zero-order valence-corrected chi connectivity index (χ0v) is 15.7. The predicted octanol–water partition coefficient (Wildman–Crippen LogP) is 2.68. The van der Waals surface area contributed by atoms with E-state index in [0.717, 1.165) is 11.1 Å². The molecule has 3 amide bonds. The van der Waals surface area contributed by atoms with Gasteiger partial charge >= 0.3 is 6.03 Å². The molecule has 6 heteroatoms. The quantitative estimate of drug-likeness (QED) is 0.577. The smallest absolute Gasteiger partial charge is 0.315 e. The van der Waals surface area contributed by atoms with Crippen LogP contribution in [0.2, 0.25) is 0 Å². The Balaban J connectivity index is 1.90. The zero-order valence-electron chi connectivity index (χ0n) is 15.7. The Morgan fingerprint density at radius 3 is 2.22 bits per heavy atom. The van der Waals surface area contributed by atoms with Crippen LogP contribution in [-0.4, -0.2) is 29.7 Å². The van der Waals surface area contributed by atoms with Crippen molar-refractivity contribution in [3.05, 3.63) is 65.7 Å². The summed E-state index contributed by atoms with van der Waals surface area (Å²) in [5, 5.41) is 17.3. The molecule has 0 spiro atoms. The molecule has 0 fully saturated rings. The van der Waals surface area contributed by atoms with Crippen LogP contribution in [0.3, 0.4) is 0 Å². The highest BCUT2D eigenvalue weighted by molar-refractivity contribution is 5.97. The number of aliphatic hydroxyl groups excluding tert-OH is 1. The molecular formula is C21H27N3O3. The summed E-state index contributed by atoms with van der Waals surface area (Å²) in [4.78, 5) is 24.8. The Bertz CT molecular complexity index is 730. The molecule has 1 atom stereocenters. The Kier molecular flexibility index (Phi) is 7.82. The van der Waals surface area contributed by atoms with Gasteiger partial charge in [0.05, 0.1) is 0 Å². The molecule has 0 aliphatic carbocycles. The molecule has 0 radical (unpaired) electrons. The molecule has 6 nitrogen and oxygen atoms in total. The average Bonchev–Trinajstić information content (AvgIpc) is 2.66. The van der Waals surface area contributed by atoms with Crippen LogP contribution < -0.4 is 16.0 Å². The third kappa shape index (κ3) is 6.75. The highest BCUT2D eigenvalue weighted by atomic mass is 16.3. The molecule has 2 aromatic rings. The molecular weight excluding hydrogens is 342 g/mol. The lowest BCUT2D eigenvalue weighted by molar-refractivity contribution is -0.118. The van der Waals surface area contributed by atoms with Crippen LogP contribution in [0.15, 0.2) is 54.6 Å². The van der Waals surface area contributed by atoms with Crippen molar-refractivity contribution in [3.63, 3.8) is 0 Å². The fourth-order valence-electron chi connectivity index (χ4n) is 2.61. The topological polar surface area (TPSA) is 90.5 Å². The number of hydrogen-bond acceptors (Lipinski definition) is 3. The van der Waals surface area contributed by atoms with Crippen molar-refractivity contribution in [1.82, 2.24) is 10.6 Å². The number of carbonyl (C=O) groups is 2. The minimum Gasteiger partial charge on any atom is -0.396 e. The van der Waals surface area contributed by atoms with Crippen LogP contribution in [-0.2, 0) is 17.8 Å². The normalized spacial score (nSPS) is 11.7. The van der Waals surface area contributed by atoms with E-state index in [9.17, 15) is 9.59 Å². The van der Waals surface area contributed by atoms with Gasteiger partial charge in [-0.05, 0) is 35.6 Å². The minimum absolute atomic E-state index is 0.0684. The standard InChI is InChI=1S/C21H27N3O3/c1-15(2)19(24-21(27)22-14-17-6-4-3-5-7-17)20(26)23-18-10-8-16(9-11-18)12-13-25/h3-11,15,19,25H,12-14H2,1-2H3,(H,23,26)(H2,22,24,27). The lowest BCUT2D eigenvalue weighted by Crippen LogP contribution is -2.50. The number of carbonyl (C=O) groups excluding carboxylic acids is 2.